The normalized spacial score (nSPS) is 15.3. The van der Waals surface area contributed by atoms with Crippen LogP contribution in [0.25, 0.3) is 0 Å². The highest BCUT2D eigenvalue weighted by Crippen LogP contribution is 2.28. The quantitative estimate of drug-likeness (QED) is 0.516. The first-order valence-electron chi connectivity index (χ1n) is 5.28. The highest BCUT2D eigenvalue weighted by molar-refractivity contribution is 5.83. The number of allylic oxidation sites excluding steroid dienone is 1. The third kappa shape index (κ3) is 3.39. The second-order valence-corrected chi connectivity index (χ2v) is 3.63. The molecule has 0 saturated heterocycles. The fourth-order valence-corrected chi connectivity index (χ4v) is 1.14. The molecule has 15 heavy (non-hydrogen) atoms. The maximum absolute atomic E-state index is 11.6. The number of esters is 1. The van der Waals surface area contributed by atoms with Crippen LogP contribution in [-0.4, -0.2) is 12.6 Å². The number of nitriles is 1. The average Bonchev–Trinajstić information content (AvgIpc) is 2.24. The smallest absolute Gasteiger partial charge is 0.330 e. The molecule has 0 rings (SSSR count). The van der Waals surface area contributed by atoms with E-state index in [1.165, 1.54) is 0 Å². The van der Waals surface area contributed by atoms with E-state index in [4.69, 9.17) is 10.00 Å². The van der Waals surface area contributed by atoms with Crippen LogP contribution in [0.1, 0.15) is 40.5 Å². The van der Waals surface area contributed by atoms with E-state index >= 15 is 0 Å². The van der Waals surface area contributed by atoms with Gasteiger partial charge in [0, 0.05) is 0 Å². The van der Waals surface area contributed by atoms with E-state index in [1.54, 1.807) is 20.8 Å². The van der Waals surface area contributed by atoms with E-state index < -0.39 is 11.4 Å². The Morgan fingerprint density at radius 3 is 2.53 bits per heavy atom. The van der Waals surface area contributed by atoms with E-state index in [2.05, 4.69) is 6.92 Å². The molecule has 0 saturated carbocycles. The molecule has 0 N–H and O–H groups in total. The lowest BCUT2D eigenvalue weighted by Crippen LogP contribution is -2.29. The predicted octanol–water partition coefficient (Wildman–Crippen LogP) is 2.83. The highest BCUT2D eigenvalue weighted by atomic mass is 16.5. The van der Waals surface area contributed by atoms with Crippen molar-refractivity contribution in [3.05, 3.63) is 11.6 Å². The van der Waals surface area contributed by atoms with Gasteiger partial charge in [0.2, 0.25) is 0 Å². The Morgan fingerprint density at radius 1 is 1.53 bits per heavy atom. The third-order valence-electron chi connectivity index (χ3n) is 2.44. The minimum atomic E-state index is -1.13. The summed E-state index contributed by atoms with van der Waals surface area (Å²) in [6.45, 7) is 7.50. The molecule has 0 fully saturated rings. The van der Waals surface area contributed by atoms with Gasteiger partial charge in [0.15, 0.2) is 5.41 Å². The molecule has 1 atom stereocenters. The Balaban J connectivity index is 4.85. The minimum Gasteiger partial charge on any atom is -0.465 e. The number of unbranched alkanes of at least 4 members (excludes halogenated alkanes) is 1. The molecule has 0 spiro atoms. The predicted molar refractivity (Wildman–Crippen MR) is 59.0 cm³/mol. The van der Waals surface area contributed by atoms with Gasteiger partial charge in [0.25, 0.3) is 0 Å². The summed E-state index contributed by atoms with van der Waals surface area (Å²) in [6, 6.07) is 2.03. The lowest BCUT2D eigenvalue weighted by molar-refractivity contribution is -0.149. The Kier molecular flexibility index (Phi) is 5.69. The zero-order chi connectivity index (χ0) is 11.9. The van der Waals surface area contributed by atoms with Crippen LogP contribution in [0.2, 0.25) is 0 Å². The molecule has 84 valence electrons. The van der Waals surface area contributed by atoms with Crippen LogP contribution >= 0.6 is 0 Å². The number of hydrogen-bond acceptors (Lipinski definition) is 3. The molecule has 0 aromatic rings. The summed E-state index contributed by atoms with van der Waals surface area (Å²) in [5.74, 6) is -0.461. The van der Waals surface area contributed by atoms with Crippen molar-refractivity contribution in [1.82, 2.24) is 0 Å². The van der Waals surface area contributed by atoms with E-state index in [0.29, 0.717) is 6.61 Å². The van der Waals surface area contributed by atoms with Crippen LogP contribution in [0, 0.1) is 16.7 Å². The lowest BCUT2D eigenvalue weighted by atomic mass is 9.84. The summed E-state index contributed by atoms with van der Waals surface area (Å²) >= 11 is 0. The van der Waals surface area contributed by atoms with E-state index in [9.17, 15) is 4.79 Å². The van der Waals surface area contributed by atoms with Crippen molar-refractivity contribution in [2.45, 2.75) is 40.5 Å². The molecule has 0 heterocycles. The standard InChI is InChI=1S/C12H19NO2/c1-5-7-8-10(3)12(4,9-13)11(14)15-6-2/h8H,5-7H2,1-4H3/b10-8-/t12-/m0/s1. The largest absolute Gasteiger partial charge is 0.465 e. The number of nitrogens with zero attached hydrogens (tertiary/aromatic N) is 1. The van der Waals surface area contributed by atoms with E-state index in [1.807, 2.05) is 12.1 Å². The van der Waals surface area contributed by atoms with Crippen molar-refractivity contribution >= 4 is 5.97 Å². The molecule has 0 amide bonds. The summed E-state index contributed by atoms with van der Waals surface area (Å²) < 4.78 is 4.90. The lowest BCUT2D eigenvalue weighted by Gasteiger charge is -2.20. The first-order valence-corrected chi connectivity index (χ1v) is 5.28. The highest BCUT2D eigenvalue weighted by Gasteiger charge is 2.36. The molecule has 0 unspecified atom stereocenters. The fraction of sp³-hybridized carbons (Fsp3) is 0.667. The van der Waals surface area contributed by atoms with Gasteiger partial charge >= 0.3 is 5.97 Å². The molecule has 3 heteroatoms. The van der Waals surface area contributed by atoms with Gasteiger partial charge < -0.3 is 4.74 Å². The molecule has 0 aromatic carbocycles. The van der Waals surface area contributed by atoms with Crippen molar-refractivity contribution in [1.29, 1.82) is 5.26 Å². The number of ether oxygens (including phenoxy) is 1. The average molecular weight is 209 g/mol. The maximum Gasteiger partial charge on any atom is 0.330 e. The van der Waals surface area contributed by atoms with Gasteiger partial charge in [0.05, 0.1) is 12.7 Å². The van der Waals surface area contributed by atoms with Crippen molar-refractivity contribution < 1.29 is 9.53 Å². The van der Waals surface area contributed by atoms with Crippen LogP contribution in [0.15, 0.2) is 11.6 Å². The zero-order valence-corrected chi connectivity index (χ0v) is 9.96. The van der Waals surface area contributed by atoms with Crippen LogP contribution < -0.4 is 0 Å². The SMILES string of the molecule is CCC/C=C(/C)[C@](C)(C#N)C(=O)OCC. The second-order valence-electron chi connectivity index (χ2n) is 3.63. The Morgan fingerprint density at radius 2 is 2.13 bits per heavy atom. The first kappa shape index (κ1) is 13.7. The van der Waals surface area contributed by atoms with Gasteiger partial charge in [-0.2, -0.15) is 5.26 Å². The zero-order valence-electron chi connectivity index (χ0n) is 9.96. The maximum atomic E-state index is 11.6. The molecular weight excluding hydrogens is 190 g/mol. The second kappa shape index (κ2) is 6.23. The van der Waals surface area contributed by atoms with E-state index in [-0.39, 0.29) is 0 Å². The summed E-state index contributed by atoms with van der Waals surface area (Å²) in [4.78, 5) is 11.6. The van der Waals surface area contributed by atoms with Gasteiger partial charge in [-0.3, -0.25) is 0 Å². The van der Waals surface area contributed by atoms with Gasteiger partial charge in [-0.15, -0.1) is 0 Å². The number of hydrogen-bond donors (Lipinski definition) is 0. The van der Waals surface area contributed by atoms with Crippen molar-refractivity contribution in [2.24, 2.45) is 5.41 Å². The fourth-order valence-electron chi connectivity index (χ4n) is 1.14. The summed E-state index contributed by atoms with van der Waals surface area (Å²) in [6.07, 6.45) is 3.81. The van der Waals surface area contributed by atoms with Gasteiger partial charge in [-0.1, -0.05) is 19.4 Å². The molecule has 3 nitrogen and oxygen atoms in total. The molecule has 0 aliphatic heterocycles. The number of carbonyl (C=O) groups is 1. The van der Waals surface area contributed by atoms with Gasteiger partial charge in [0.1, 0.15) is 0 Å². The van der Waals surface area contributed by atoms with Crippen LogP contribution in [0.5, 0.6) is 0 Å². The first-order chi connectivity index (χ1) is 7.02. The Bertz CT molecular complexity index is 288. The number of rotatable bonds is 5. The minimum absolute atomic E-state index is 0.303. The summed E-state index contributed by atoms with van der Waals surface area (Å²) in [7, 11) is 0. The molecule has 0 bridgehead atoms. The number of carbonyl (C=O) groups excluding carboxylic acids is 1. The summed E-state index contributed by atoms with van der Waals surface area (Å²) in [5.41, 5.74) is -0.365. The topological polar surface area (TPSA) is 50.1 Å². The van der Waals surface area contributed by atoms with Gasteiger partial charge in [-0.25, -0.2) is 4.79 Å². The van der Waals surface area contributed by atoms with Crippen LogP contribution in [-0.2, 0) is 9.53 Å². The van der Waals surface area contributed by atoms with Crippen LogP contribution in [0.3, 0.4) is 0 Å². The van der Waals surface area contributed by atoms with Crippen LogP contribution in [0.4, 0.5) is 0 Å². The van der Waals surface area contributed by atoms with Crippen molar-refractivity contribution in [3.8, 4) is 6.07 Å². The Hall–Kier alpha value is -1.30. The molecule has 0 aromatic heterocycles. The molecule has 0 radical (unpaired) electrons. The monoisotopic (exact) mass is 209 g/mol. The third-order valence-corrected chi connectivity index (χ3v) is 2.44. The van der Waals surface area contributed by atoms with E-state index in [0.717, 1.165) is 18.4 Å². The molecular formula is C12H19NO2. The molecule has 0 aliphatic rings. The van der Waals surface area contributed by atoms with Crippen molar-refractivity contribution in [2.75, 3.05) is 6.61 Å². The summed E-state index contributed by atoms with van der Waals surface area (Å²) in [5, 5.41) is 9.06. The van der Waals surface area contributed by atoms with Gasteiger partial charge in [-0.05, 0) is 32.8 Å². The molecule has 0 aliphatic carbocycles. The Labute approximate surface area is 91.7 Å². The van der Waals surface area contributed by atoms with Crippen molar-refractivity contribution in [3.63, 3.8) is 0 Å².